The van der Waals surface area contributed by atoms with Crippen molar-refractivity contribution < 1.29 is 4.74 Å². The monoisotopic (exact) mass is 459 g/mol. The van der Waals surface area contributed by atoms with Crippen LogP contribution in [0.3, 0.4) is 0 Å². The van der Waals surface area contributed by atoms with Crippen LogP contribution >= 0.6 is 23.2 Å². The lowest BCUT2D eigenvalue weighted by Crippen LogP contribution is -2.37. The molecule has 2 aromatic carbocycles. The zero-order chi connectivity index (χ0) is 21.5. The Bertz CT molecular complexity index is 973. The Labute approximate surface area is 193 Å². The summed E-state index contributed by atoms with van der Waals surface area (Å²) in [6.07, 6.45) is 1.09. The molecule has 2 heterocycles. The Morgan fingerprint density at radius 3 is 2.58 bits per heavy atom. The number of benzene rings is 2. The smallest absolute Gasteiger partial charge is 0.117 e. The van der Waals surface area contributed by atoms with Crippen molar-refractivity contribution in [3.8, 4) is 11.3 Å². The molecule has 0 radical (unpaired) electrons. The molecule has 1 fully saturated rings. The number of hydrogen-bond acceptors (Lipinski definition) is 5. The first kappa shape index (κ1) is 22.2. The van der Waals surface area contributed by atoms with Crippen molar-refractivity contribution in [2.75, 3.05) is 39.4 Å². The highest BCUT2D eigenvalue weighted by molar-refractivity contribution is 6.35. The van der Waals surface area contributed by atoms with Crippen molar-refractivity contribution >= 4 is 23.2 Å². The van der Waals surface area contributed by atoms with Gasteiger partial charge in [-0.15, -0.1) is 0 Å². The Morgan fingerprint density at radius 1 is 1.00 bits per heavy atom. The van der Waals surface area contributed by atoms with Crippen molar-refractivity contribution in [1.82, 2.24) is 25.2 Å². The van der Waals surface area contributed by atoms with E-state index in [9.17, 15) is 0 Å². The van der Waals surface area contributed by atoms with E-state index >= 15 is 0 Å². The first-order valence-electron chi connectivity index (χ1n) is 10.6. The van der Waals surface area contributed by atoms with Crippen molar-refractivity contribution in [2.24, 2.45) is 0 Å². The summed E-state index contributed by atoms with van der Waals surface area (Å²) >= 11 is 12.4. The van der Waals surface area contributed by atoms with E-state index in [0.717, 1.165) is 68.3 Å². The fourth-order valence-corrected chi connectivity index (χ4v) is 4.12. The number of nitrogens with one attached hydrogen (secondary N) is 1. The Hall–Kier alpha value is -1.96. The van der Waals surface area contributed by atoms with Gasteiger partial charge in [0.05, 0.1) is 19.8 Å². The third-order valence-corrected chi connectivity index (χ3v) is 5.91. The first-order chi connectivity index (χ1) is 15.2. The molecule has 1 aliphatic heterocycles. The largest absolute Gasteiger partial charge is 0.379 e. The molecule has 4 rings (SSSR count). The van der Waals surface area contributed by atoms with Crippen LogP contribution in [-0.4, -0.2) is 59.3 Å². The Balaban J connectivity index is 1.41. The van der Waals surface area contributed by atoms with Crippen LogP contribution in [0.4, 0.5) is 0 Å². The third kappa shape index (κ3) is 6.28. The highest BCUT2D eigenvalue weighted by Crippen LogP contribution is 2.23. The topological polar surface area (TPSA) is 55.2 Å². The van der Waals surface area contributed by atoms with E-state index in [4.69, 9.17) is 38.1 Å². The quantitative estimate of drug-likeness (QED) is 0.487. The summed E-state index contributed by atoms with van der Waals surface area (Å²) in [5, 5.41) is 14.3. The predicted molar refractivity (Wildman–Crippen MR) is 125 cm³/mol. The fraction of sp³-hybridized carbons (Fsp3) is 0.391. The van der Waals surface area contributed by atoms with Gasteiger partial charge in [-0.25, -0.2) is 0 Å². The molecule has 0 amide bonds. The van der Waals surface area contributed by atoms with Gasteiger partial charge < -0.3 is 10.1 Å². The van der Waals surface area contributed by atoms with Crippen molar-refractivity contribution in [3.05, 3.63) is 69.8 Å². The summed E-state index contributed by atoms with van der Waals surface area (Å²) in [5.74, 6) is 0. The van der Waals surface area contributed by atoms with Crippen LogP contribution in [0, 0.1) is 0 Å². The van der Waals surface area contributed by atoms with Gasteiger partial charge in [-0.2, -0.15) is 15.0 Å². The van der Waals surface area contributed by atoms with Gasteiger partial charge in [-0.1, -0.05) is 59.6 Å². The molecule has 1 aliphatic rings. The first-order valence-corrected chi connectivity index (χ1v) is 11.4. The van der Waals surface area contributed by atoms with E-state index in [1.54, 1.807) is 10.9 Å². The molecule has 164 valence electrons. The van der Waals surface area contributed by atoms with E-state index in [2.05, 4.69) is 22.3 Å². The standard InChI is InChI=1S/C23H27Cl2N5O/c24-20-8-7-19(21(25)15-20)17-30-27-22(23(28-30)18-5-2-1-3-6-18)16-26-9-4-10-29-11-13-31-14-12-29/h1-3,5-8,15,26H,4,9-14,16-17H2. The average molecular weight is 460 g/mol. The lowest BCUT2D eigenvalue weighted by Gasteiger charge is -2.26. The van der Waals surface area contributed by atoms with Crippen molar-refractivity contribution in [3.63, 3.8) is 0 Å². The normalized spacial score (nSPS) is 14.8. The van der Waals surface area contributed by atoms with Crippen LogP contribution in [-0.2, 0) is 17.8 Å². The fourth-order valence-electron chi connectivity index (χ4n) is 3.65. The number of morpholine rings is 1. The van der Waals surface area contributed by atoms with Gasteiger partial charge in [0.2, 0.25) is 0 Å². The van der Waals surface area contributed by atoms with Gasteiger partial charge >= 0.3 is 0 Å². The Morgan fingerprint density at radius 2 is 1.81 bits per heavy atom. The van der Waals surface area contributed by atoms with Gasteiger partial charge in [-0.05, 0) is 37.2 Å². The number of rotatable bonds is 9. The van der Waals surface area contributed by atoms with E-state index in [1.807, 2.05) is 30.3 Å². The van der Waals surface area contributed by atoms with Crippen LogP contribution in [0.1, 0.15) is 17.7 Å². The second-order valence-corrected chi connectivity index (χ2v) is 8.46. The van der Waals surface area contributed by atoms with E-state index in [1.165, 1.54) is 0 Å². The summed E-state index contributed by atoms with van der Waals surface area (Å²) in [6, 6.07) is 15.7. The second kappa shape index (κ2) is 11.1. The van der Waals surface area contributed by atoms with Crippen LogP contribution in [0.2, 0.25) is 10.0 Å². The van der Waals surface area contributed by atoms with Crippen LogP contribution in [0.25, 0.3) is 11.3 Å². The average Bonchev–Trinajstić information content (AvgIpc) is 3.19. The van der Waals surface area contributed by atoms with Crippen molar-refractivity contribution in [2.45, 2.75) is 19.5 Å². The van der Waals surface area contributed by atoms with Gasteiger partial charge in [-0.3, -0.25) is 4.90 Å². The number of hydrogen-bond donors (Lipinski definition) is 1. The molecule has 0 atom stereocenters. The van der Waals surface area contributed by atoms with Crippen molar-refractivity contribution in [1.29, 1.82) is 0 Å². The molecule has 1 aromatic heterocycles. The molecule has 0 spiro atoms. The SMILES string of the molecule is Clc1ccc(Cn2nc(CNCCCN3CCOCC3)c(-c3ccccc3)n2)c(Cl)c1. The molecule has 1 N–H and O–H groups in total. The van der Waals surface area contributed by atoms with Crippen LogP contribution < -0.4 is 5.32 Å². The molecule has 0 unspecified atom stereocenters. The Kier molecular flexibility index (Phi) is 7.94. The zero-order valence-electron chi connectivity index (χ0n) is 17.4. The molecule has 6 nitrogen and oxygen atoms in total. The molecule has 31 heavy (non-hydrogen) atoms. The molecular weight excluding hydrogens is 433 g/mol. The summed E-state index contributed by atoms with van der Waals surface area (Å²) < 4.78 is 5.41. The maximum absolute atomic E-state index is 6.35. The van der Waals surface area contributed by atoms with Gasteiger partial charge in [0.25, 0.3) is 0 Å². The minimum atomic E-state index is 0.493. The van der Waals surface area contributed by atoms with Crippen LogP contribution in [0.5, 0.6) is 0 Å². The number of aromatic nitrogens is 3. The number of nitrogens with zero attached hydrogens (tertiary/aromatic N) is 4. The number of ether oxygens (including phenoxy) is 1. The molecule has 3 aromatic rings. The van der Waals surface area contributed by atoms with E-state index in [-0.39, 0.29) is 0 Å². The van der Waals surface area contributed by atoms with Crippen LogP contribution in [0.15, 0.2) is 48.5 Å². The predicted octanol–water partition coefficient (Wildman–Crippen LogP) is 4.11. The van der Waals surface area contributed by atoms with E-state index in [0.29, 0.717) is 23.1 Å². The molecule has 8 heteroatoms. The summed E-state index contributed by atoms with van der Waals surface area (Å²) in [4.78, 5) is 4.16. The molecule has 0 bridgehead atoms. The third-order valence-electron chi connectivity index (χ3n) is 5.32. The van der Waals surface area contributed by atoms with Gasteiger partial charge in [0, 0.05) is 35.2 Å². The zero-order valence-corrected chi connectivity index (χ0v) is 18.9. The lowest BCUT2D eigenvalue weighted by atomic mass is 10.1. The van der Waals surface area contributed by atoms with Gasteiger partial charge in [0.15, 0.2) is 0 Å². The summed E-state index contributed by atoms with van der Waals surface area (Å²) in [7, 11) is 0. The highest BCUT2D eigenvalue weighted by Gasteiger charge is 2.14. The maximum Gasteiger partial charge on any atom is 0.117 e. The van der Waals surface area contributed by atoms with Gasteiger partial charge in [0.1, 0.15) is 11.4 Å². The lowest BCUT2D eigenvalue weighted by molar-refractivity contribution is 0.0374. The molecular formula is C23H27Cl2N5O. The summed E-state index contributed by atoms with van der Waals surface area (Å²) in [6.45, 7) is 6.92. The maximum atomic E-state index is 6.35. The number of halogens is 2. The molecule has 0 saturated carbocycles. The van der Waals surface area contributed by atoms with E-state index < -0.39 is 0 Å². The minimum absolute atomic E-state index is 0.493. The second-order valence-electron chi connectivity index (χ2n) is 7.61. The highest BCUT2D eigenvalue weighted by atomic mass is 35.5. The molecule has 1 saturated heterocycles. The summed E-state index contributed by atoms with van der Waals surface area (Å²) in [5.41, 5.74) is 3.82. The minimum Gasteiger partial charge on any atom is -0.379 e. The molecule has 0 aliphatic carbocycles.